The molecule has 1 atom stereocenters. The topological polar surface area (TPSA) is 140 Å². The first-order valence-electron chi connectivity index (χ1n) is 12.5. The van der Waals surface area contributed by atoms with Crippen molar-refractivity contribution in [1.29, 1.82) is 5.26 Å². The number of aryl methyl sites for hydroxylation is 1. The zero-order valence-electron chi connectivity index (χ0n) is 20.8. The molecule has 3 aromatic rings. The Morgan fingerprint density at radius 2 is 1.97 bits per heavy atom. The zero-order valence-corrected chi connectivity index (χ0v) is 21.6. The summed E-state index contributed by atoms with van der Waals surface area (Å²) in [7, 11) is -4.01. The highest BCUT2D eigenvalue weighted by atomic mass is 32.2. The van der Waals surface area contributed by atoms with E-state index in [2.05, 4.69) is 21.1 Å². The lowest BCUT2D eigenvalue weighted by molar-refractivity contribution is -0.134. The standard InChI is InChI=1S/C26H32N6O4S/c1-19(33)28-12-7-20-9-15-32(16-10-20)26(34)24(11-17-31-14-3-4-21(31)18-27)30-37(35,36)25-6-2-5-23-22(25)8-13-29-23/h2-6,8,13-14,20,24,29-30H,7,9-12,15-17H2,1H3,(H,28,33). The molecule has 0 radical (unpaired) electrons. The molecule has 1 aliphatic rings. The van der Waals surface area contributed by atoms with E-state index in [0.717, 1.165) is 19.3 Å². The molecule has 1 fully saturated rings. The second-order valence-corrected chi connectivity index (χ2v) is 11.1. The predicted octanol–water partition coefficient (Wildman–Crippen LogP) is 2.34. The van der Waals surface area contributed by atoms with Crippen molar-refractivity contribution in [2.75, 3.05) is 19.6 Å². The number of likely N-dealkylation sites (tertiary alicyclic amines) is 1. The molecule has 2 aromatic heterocycles. The van der Waals surface area contributed by atoms with Crippen LogP contribution in [-0.2, 0) is 26.2 Å². The quantitative estimate of drug-likeness (QED) is 0.373. The van der Waals surface area contributed by atoms with Crippen molar-refractivity contribution in [1.82, 2.24) is 24.5 Å². The summed E-state index contributed by atoms with van der Waals surface area (Å²) in [6.07, 6.45) is 6.07. The molecule has 1 aromatic carbocycles. The summed E-state index contributed by atoms with van der Waals surface area (Å²) in [5.41, 5.74) is 1.14. The normalized spacial score (nSPS) is 15.4. The number of sulfonamides is 1. The van der Waals surface area contributed by atoms with E-state index >= 15 is 0 Å². The van der Waals surface area contributed by atoms with Gasteiger partial charge in [0.1, 0.15) is 17.8 Å². The van der Waals surface area contributed by atoms with E-state index in [4.69, 9.17) is 0 Å². The van der Waals surface area contributed by atoms with Crippen molar-refractivity contribution in [2.45, 2.75) is 50.1 Å². The van der Waals surface area contributed by atoms with E-state index in [-0.39, 0.29) is 23.1 Å². The molecular weight excluding hydrogens is 492 g/mol. The van der Waals surface area contributed by atoms with Crippen LogP contribution in [0.3, 0.4) is 0 Å². The van der Waals surface area contributed by atoms with Crippen molar-refractivity contribution in [3.63, 3.8) is 0 Å². The first-order valence-corrected chi connectivity index (χ1v) is 13.9. The maximum atomic E-state index is 13.6. The number of aromatic amines is 1. The van der Waals surface area contributed by atoms with Gasteiger partial charge in [0.05, 0.1) is 4.90 Å². The molecule has 1 unspecified atom stereocenters. The van der Waals surface area contributed by atoms with Crippen LogP contribution < -0.4 is 10.0 Å². The van der Waals surface area contributed by atoms with Gasteiger partial charge in [-0.3, -0.25) is 9.59 Å². The van der Waals surface area contributed by atoms with Crippen molar-refractivity contribution in [3.8, 4) is 6.07 Å². The van der Waals surface area contributed by atoms with Crippen molar-refractivity contribution in [3.05, 3.63) is 54.5 Å². The minimum absolute atomic E-state index is 0.0553. The molecule has 0 bridgehead atoms. The van der Waals surface area contributed by atoms with Crippen LogP contribution in [0.25, 0.3) is 10.9 Å². The van der Waals surface area contributed by atoms with Crippen LogP contribution in [0.5, 0.6) is 0 Å². The number of H-pyrrole nitrogens is 1. The smallest absolute Gasteiger partial charge is 0.241 e. The molecule has 1 aliphatic heterocycles. The number of hydrogen-bond donors (Lipinski definition) is 3. The van der Waals surface area contributed by atoms with Gasteiger partial charge in [-0.2, -0.15) is 9.98 Å². The minimum Gasteiger partial charge on any atom is -0.361 e. The largest absolute Gasteiger partial charge is 0.361 e. The second kappa shape index (κ2) is 11.6. The van der Waals surface area contributed by atoms with Gasteiger partial charge in [0, 0.05) is 56.4 Å². The van der Waals surface area contributed by atoms with Gasteiger partial charge >= 0.3 is 0 Å². The summed E-state index contributed by atoms with van der Waals surface area (Å²) >= 11 is 0. The molecule has 4 rings (SSSR count). The monoisotopic (exact) mass is 524 g/mol. The van der Waals surface area contributed by atoms with Gasteiger partial charge in [0.25, 0.3) is 0 Å². The molecule has 196 valence electrons. The lowest BCUT2D eigenvalue weighted by atomic mass is 9.93. The summed E-state index contributed by atoms with van der Waals surface area (Å²) < 4.78 is 31.3. The van der Waals surface area contributed by atoms with Gasteiger partial charge in [-0.25, -0.2) is 8.42 Å². The zero-order chi connectivity index (χ0) is 26.4. The molecule has 3 heterocycles. The van der Waals surface area contributed by atoms with Crippen LogP contribution in [0.15, 0.2) is 53.7 Å². The van der Waals surface area contributed by atoms with Gasteiger partial charge in [0.15, 0.2) is 0 Å². The maximum absolute atomic E-state index is 13.6. The van der Waals surface area contributed by atoms with Crippen LogP contribution in [0, 0.1) is 17.2 Å². The number of fused-ring (bicyclic) bond motifs is 1. The Balaban J connectivity index is 1.49. The number of carbonyl (C=O) groups excluding carboxylic acids is 2. The van der Waals surface area contributed by atoms with Crippen molar-refractivity contribution < 1.29 is 18.0 Å². The highest BCUT2D eigenvalue weighted by molar-refractivity contribution is 7.89. The van der Waals surface area contributed by atoms with E-state index < -0.39 is 16.1 Å². The molecule has 0 aliphatic carbocycles. The SMILES string of the molecule is CC(=O)NCCC1CCN(C(=O)C(CCn2cccc2C#N)NS(=O)(=O)c2cccc3[nH]ccc23)CC1. The molecule has 0 spiro atoms. The predicted molar refractivity (Wildman–Crippen MR) is 139 cm³/mol. The third kappa shape index (κ3) is 6.39. The molecule has 11 heteroatoms. The number of carbonyl (C=O) groups is 2. The average molecular weight is 525 g/mol. The molecule has 0 saturated carbocycles. The van der Waals surface area contributed by atoms with Gasteiger partial charge in [-0.1, -0.05) is 6.07 Å². The highest BCUT2D eigenvalue weighted by Gasteiger charge is 2.32. The van der Waals surface area contributed by atoms with Crippen LogP contribution in [0.1, 0.15) is 38.3 Å². The number of nitriles is 1. The molecule has 2 amide bonds. The molecule has 3 N–H and O–H groups in total. The Labute approximate surface area is 216 Å². The third-order valence-electron chi connectivity index (χ3n) is 6.90. The van der Waals surface area contributed by atoms with Gasteiger partial charge < -0.3 is 19.8 Å². The number of rotatable bonds is 10. The molecular formula is C26H32N6O4S. The number of amides is 2. The Bertz CT molecular complexity index is 1400. The van der Waals surface area contributed by atoms with E-state index in [1.807, 2.05) is 0 Å². The number of benzene rings is 1. The van der Waals surface area contributed by atoms with E-state index in [1.54, 1.807) is 52.2 Å². The van der Waals surface area contributed by atoms with Crippen LogP contribution in [0.4, 0.5) is 0 Å². The number of nitrogens with one attached hydrogen (secondary N) is 3. The number of aromatic nitrogens is 2. The summed E-state index contributed by atoms with van der Waals surface area (Å²) in [6.45, 7) is 3.48. The van der Waals surface area contributed by atoms with E-state index in [1.165, 1.54) is 13.0 Å². The lowest BCUT2D eigenvalue weighted by Gasteiger charge is -2.34. The summed E-state index contributed by atoms with van der Waals surface area (Å²) in [6, 6.07) is 11.2. The Morgan fingerprint density at radius 3 is 2.70 bits per heavy atom. The fourth-order valence-corrected chi connectivity index (χ4v) is 6.31. The third-order valence-corrected chi connectivity index (χ3v) is 8.43. The molecule has 37 heavy (non-hydrogen) atoms. The van der Waals surface area contributed by atoms with Crippen molar-refractivity contribution in [2.24, 2.45) is 5.92 Å². The van der Waals surface area contributed by atoms with Gasteiger partial charge in [0.2, 0.25) is 21.8 Å². The number of piperidine rings is 1. The van der Waals surface area contributed by atoms with Gasteiger partial charge in [-0.15, -0.1) is 0 Å². The fraction of sp³-hybridized carbons (Fsp3) is 0.423. The van der Waals surface area contributed by atoms with E-state index in [9.17, 15) is 23.3 Å². The molecule has 10 nitrogen and oxygen atoms in total. The highest BCUT2D eigenvalue weighted by Crippen LogP contribution is 2.24. The maximum Gasteiger partial charge on any atom is 0.241 e. The Hall–Kier alpha value is -3.62. The first kappa shape index (κ1) is 26.4. The van der Waals surface area contributed by atoms with Crippen LogP contribution >= 0.6 is 0 Å². The summed E-state index contributed by atoms with van der Waals surface area (Å²) in [5.74, 6) is 0.0754. The lowest BCUT2D eigenvalue weighted by Crippen LogP contribution is -2.51. The summed E-state index contributed by atoms with van der Waals surface area (Å²) in [5, 5.41) is 12.7. The van der Waals surface area contributed by atoms with Crippen LogP contribution in [0.2, 0.25) is 0 Å². The Kier molecular flexibility index (Phi) is 8.31. The van der Waals surface area contributed by atoms with Crippen molar-refractivity contribution >= 4 is 32.7 Å². The summed E-state index contributed by atoms with van der Waals surface area (Å²) in [4.78, 5) is 29.6. The van der Waals surface area contributed by atoms with E-state index in [0.29, 0.717) is 48.7 Å². The Morgan fingerprint density at radius 1 is 1.19 bits per heavy atom. The number of nitrogens with zero attached hydrogens (tertiary/aromatic N) is 3. The average Bonchev–Trinajstić information content (AvgIpc) is 3.55. The minimum atomic E-state index is -4.01. The number of hydrogen-bond acceptors (Lipinski definition) is 5. The fourth-order valence-electron chi connectivity index (χ4n) is 4.87. The second-order valence-electron chi connectivity index (χ2n) is 9.40. The molecule has 1 saturated heterocycles. The van der Waals surface area contributed by atoms with Crippen LogP contribution in [-0.4, -0.2) is 60.4 Å². The first-order chi connectivity index (χ1) is 17.8. The van der Waals surface area contributed by atoms with Gasteiger partial charge in [-0.05, 0) is 61.9 Å².